The quantitative estimate of drug-likeness (QED) is 0.424. The minimum atomic E-state index is -0.764. The highest BCUT2D eigenvalue weighted by Crippen LogP contribution is 2.20. The summed E-state index contributed by atoms with van der Waals surface area (Å²) in [6, 6.07) is 6.46. The van der Waals surface area contributed by atoms with Crippen LogP contribution in [0.25, 0.3) is 0 Å². The summed E-state index contributed by atoms with van der Waals surface area (Å²) in [6.45, 7) is 5.24. The van der Waals surface area contributed by atoms with Gasteiger partial charge in [-0.05, 0) is 62.8 Å². The predicted molar refractivity (Wildman–Crippen MR) is 114 cm³/mol. The highest BCUT2D eigenvalue weighted by molar-refractivity contribution is 5.94. The molecular weight excluding hydrogens is 400 g/mol. The van der Waals surface area contributed by atoms with Crippen molar-refractivity contribution < 1.29 is 28.6 Å². The SMILES string of the molecule is CCOC(=O)Oc1ccc(C(=O)N2CCC(CNC(=O)C=C3CCOCC3)CC2)cc1. The van der Waals surface area contributed by atoms with Crippen molar-refractivity contribution in [3.8, 4) is 5.75 Å². The van der Waals surface area contributed by atoms with E-state index >= 15 is 0 Å². The Morgan fingerprint density at radius 2 is 1.81 bits per heavy atom. The van der Waals surface area contributed by atoms with E-state index in [1.54, 1.807) is 37.3 Å². The van der Waals surface area contributed by atoms with Gasteiger partial charge in [0.1, 0.15) is 5.75 Å². The topological polar surface area (TPSA) is 94.2 Å². The van der Waals surface area contributed by atoms with Crippen LogP contribution < -0.4 is 10.1 Å². The maximum absolute atomic E-state index is 12.7. The van der Waals surface area contributed by atoms with Gasteiger partial charge in [-0.1, -0.05) is 5.57 Å². The fourth-order valence-corrected chi connectivity index (χ4v) is 3.69. The molecule has 1 N–H and O–H groups in total. The van der Waals surface area contributed by atoms with Crippen molar-refractivity contribution in [3.63, 3.8) is 0 Å². The van der Waals surface area contributed by atoms with Gasteiger partial charge >= 0.3 is 6.16 Å². The van der Waals surface area contributed by atoms with E-state index in [1.807, 2.05) is 4.90 Å². The van der Waals surface area contributed by atoms with Gasteiger partial charge in [-0.2, -0.15) is 0 Å². The number of hydrogen-bond donors (Lipinski definition) is 1. The normalized spacial score (nSPS) is 17.1. The molecule has 0 radical (unpaired) electrons. The number of benzene rings is 1. The van der Waals surface area contributed by atoms with Crippen molar-refractivity contribution in [3.05, 3.63) is 41.5 Å². The van der Waals surface area contributed by atoms with E-state index in [0.717, 1.165) is 31.3 Å². The zero-order valence-corrected chi connectivity index (χ0v) is 17.9. The average Bonchev–Trinajstić information content (AvgIpc) is 2.79. The first-order valence-corrected chi connectivity index (χ1v) is 10.8. The van der Waals surface area contributed by atoms with Crippen LogP contribution in [-0.2, 0) is 14.3 Å². The zero-order chi connectivity index (χ0) is 22.1. The molecule has 168 valence electrons. The van der Waals surface area contributed by atoms with Crippen LogP contribution in [0.5, 0.6) is 5.75 Å². The maximum atomic E-state index is 12.7. The molecule has 0 aromatic heterocycles. The van der Waals surface area contributed by atoms with Crippen molar-refractivity contribution in [1.29, 1.82) is 0 Å². The summed E-state index contributed by atoms with van der Waals surface area (Å²) >= 11 is 0. The van der Waals surface area contributed by atoms with Crippen LogP contribution in [0.15, 0.2) is 35.9 Å². The van der Waals surface area contributed by atoms with E-state index in [0.29, 0.717) is 50.1 Å². The zero-order valence-electron chi connectivity index (χ0n) is 17.9. The van der Waals surface area contributed by atoms with Crippen molar-refractivity contribution in [1.82, 2.24) is 10.2 Å². The second-order valence-corrected chi connectivity index (χ2v) is 7.71. The smallest absolute Gasteiger partial charge is 0.434 e. The molecule has 2 aliphatic heterocycles. The van der Waals surface area contributed by atoms with Gasteiger partial charge in [0.05, 0.1) is 19.8 Å². The van der Waals surface area contributed by atoms with Gasteiger partial charge in [-0.15, -0.1) is 0 Å². The van der Waals surface area contributed by atoms with Crippen LogP contribution in [0.4, 0.5) is 4.79 Å². The standard InChI is InChI=1S/C23H30N2O6/c1-2-30-23(28)31-20-5-3-19(4-6-20)22(27)25-11-7-18(8-12-25)16-24-21(26)15-17-9-13-29-14-10-17/h3-6,15,18H,2,7-14,16H2,1H3,(H,24,26). The molecular formula is C23H30N2O6. The third-order valence-electron chi connectivity index (χ3n) is 5.50. The summed E-state index contributed by atoms with van der Waals surface area (Å²) in [7, 11) is 0. The Labute approximate surface area is 182 Å². The first-order valence-electron chi connectivity index (χ1n) is 10.8. The minimum Gasteiger partial charge on any atom is -0.434 e. The van der Waals surface area contributed by atoms with Crippen molar-refractivity contribution in [2.24, 2.45) is 5.92 Å². The molecule has 8 nitrogen and oxygen atoms in total. The lowest BCUT2D eigenvalue weighted by Gasteiger charge is -2.32. The lowest BCUT2D eigenvalue weighted by molar-refractivity contribution is -0.116. The van der Waals surface area contributed by atoms with Gasteiger partial charge in [0, 0.05) is 31.3 Å². The Morgan fingerprint density at radius 3 is 2.45 bits per heavy atom. The van der Waals surface area contributed by atoms with Crippen LogP contribution >= 0.6 is 0 Å². The predicted octanol–water partition coefficient (Wildman–Crippen LogP) is 2.93. The molecule has 0 atom stereocenters. The number of likely N-dealkylation sites (tertiary alicyclic amines) is 1. The largest absolute Gasteiger partial charge is 0.513 e. The number of carbonyl (C=O) groups is 3. The molecule has 2 aliphatic rings. The minimum absolute atomic E-state index is 0.0412. The second-order valence-electron chi connectivity index (χ2n) is 7.71. The molecule has 3 rings (SSSR count). The number of rotatable bonds is 6. The number of nitrogens with zero attached hydrogens (tertiary/aromatic N) is 1. The van der Waals surface area contributed by atoms with Crippen molar-refractivity contribution >= 4 is 18.0 Å². The number of hydrogen-bond acceptors (Lipinski definition) is 6. The van der Waals surface area contributed by atoms with Gasteiger partial charge in [0.25, 0.3) is 5.91 Å². The van der Waals surface area contributed by atoms with Crippen molar-refractivity contribution in [2.45, 2.75) is 32.6 Å². The van der Waals surface area contributed by atoms with Gasteiger partial charge in [0.2, 0.25) is 5.91 Å². The van der Waals surface area contributed by atoms with E-state index < -0.39 is 6.16 Å². The highest BCUT2D eigenvalue weighted by Gasteiger charge is 2.24. The maximum Gasteiger partial charge on any atom is 0.513 e. The van der Waals surface area contributed by atoms with E-state index in [-0.39, 0.29) is 18.4 Å². The molecule has 2 heterocycles. The number of ether oxygens (including phenoxy) is 3. The van der Waals surface area contributed by atoms with Crippen LogP contribution in [-0.4, -0.2) is 62.3 Å². The van der Waals surface area contributed by atoms with Crippen LogP contribution in [0.1, 0.15) is 43.0 Å². The molecule has 0 unspecified atom stereocenters. The monoisotopic (exact) mass is 430 g/mol. The molecule has 2 amide bonds. The molecule has 0 bridgehead atoms. The Hall–Kier alpha value is -2.87. The molecule has 31 heavy (non-hydrogen) atoms. The van der Waals surface area contributed by atoms with E-state index in [1.165, 1.54) is 0 Å². The Balaban J connectivity index is 1.41. The fourth-order valence-electron chi connectivity index (χ4n) is 3.69. The molecule has 0 saturated carbocycles. The van der Waals surface area contributed by atoms with Gasteiger partial charge in [-0.25, -0.2) is 4.79 Å². The number of amides is 2. The third-order valence-corrected chi connectivity index (χ3v) is 5.50. The molecule has 0 aliphatic carbocycles. The van der Waals surface area contributed by atoms with Crippen LogP contribution in [0.2, 0.25) is 0 Å². The van der Waals surface area contributed by atoms with E-state index in [2.05, 4.69) is 5.32 Å². The molecule has 8 heteroatoms. The summed E-state index contributed by atoms with van der Waals surface area (Å²) in [5.74, 6) is 0.608. The highest BCUT2D eigenvalue weighted by atomic mass is 16.7. The second kappa shape index (κ2) is 11.5. The number of carbonyl (C=O) groups excluding carboxylic acids is 3. The van der Waals surface area contributed by atoms with Gasteiger partial charge in [0.15, 0.2) is 0 Å². The molecule has 1 aromatic rings. The summed E-state index contributed by atoms with van der Waals surface area (Å²) in [5.41, 5.74) is 1.69. The van der Waals surface area contributed by atoms with Crippen LogP contribution in [0.3, 0.4) is 0 Å². The molecule has 0 spiro atoms. The van der Waals surface area contributed by atoms with Gasteiger partial charge < -0.3 is 24.4 Å². The van der Waals surface area contributed by atoms with E-state index in [4.69, 9.17) is 14.2 Å². The fraction of sp³-hybridized carbons (Fsp3) is 0.522. The summed E-state index contributed by atoms with van der Waals surface area (Å²) < 4.78 is 15.0. The molecule has 2 saturated heterocycles. The summed E-state index contributed by atoms with van der Waals surface area (Å²) in [5, 5.41) is 2.99. The van der Waals surface area contributed by atoms with E-state index in [9.17, 15) is 14.4 Å². The first kappa shape index (κ1) is 22.8. The third kappa shape index (κ3) is 7.10. The van der Waals surface area contributed by atoms with Crippen molar-refractivity contribution in [2.75, 3.05) is 39.5 Å². The Kier molecular flexibility index (Phi) is 8.46. The number of nitrogens with one attached hydrogen (secondary N) is 1. The Bertz CT molecular complexity index is 789. The lowest BCUT2D eigenvalue weighted by atomic mass is 9.96. The lowest BCUT2D eigenvalue weighted by Crippen LogP contribution is -2.41. The summed E-state index contributed by atoms with van der Waals surface area (Å²) in [4.78, 5) is 38.0. The molecule has 2 fully saturated rings. The Morgan fingerprint density at radius 1 is 1.13 bits per heavy atom. The number of piperidine rings is 1. The first-order chi connectivity index (χ1) is 15.0. The van der Waals surface area contributed by atoms with Gasteiger partial charge in [-0.3, -0.25) is 9.59 Å². The molecule has 1 aromatic carbocycles. The van der Waals surface area contributed by atoms with Crippen LogP contribution in [0, 0.1) is 5.92 Å². The average molecular weight is 431 g/mol. The summed E-state index contributed by atoms with van der Waals surface area (Å²) in [6.07, 6.45) is 4.28.